The number of hydrogen-bond acceptors (Lipinski definition) is 6. The Bertz CT molecular complexity index is 728. The molecule has 0 fully saturated rings. The summed E-state index contributed by atoms with van der Waals surface area (Å²) >= 11 is 0. The van der Waals surface area contributed by atoms with Gasteiger partial charge in [-0.2, -0.15) is 0 Å². The first-order valence-electron chi connectivity index (χ1n) is 6.96. The average Bonchev–Trinajstić information content (AvgIpc) is 3.04. The van der Waals surface area contributed by atoms with Gasteiger partial charge in [0.05, 0.1) is 7.11 Å². The molecule has 0 saturated heterocycles. The van der Waals surface area contributed by atoms with Gasteiger partial charge >= 0.3 is 5.97 Å². The van der Waals surface area contributed by atoms with Crippen molar-refractivity contribution >= 4 is 17.5 Å². The van der Waals surface area contributed by atoms with E-state index in [0.29, 0.717) is 19.0 Å². The normalized spacial score (nSPS) is 13.9. The summed E-state index contributed by atoms with van der Waals surface area (Å²) in [5.74, 6) is 0.0851. The van der Waals surface area contributed by atoms with Crippen LogP contribution in [0.2, 0.25) is 0 Å². The summed E-state index contributed by atoms with van der Waals surface area (Å²) in [6, 6.07) is 5.57. The molecule has 0 amide bonds. The summed E-state index contributed by atoms with van der Waals surface area (Å²) < 4.78 is 4.73. The van der Waals surface area contributed by atoms with Crippen molar-refractivity contribution in [3.63, 3.8) is 0 Å². The Hall–Kier alpha value is -2.76. The van der Waals surface area contributed by atoms with E-state index < -0.39 is 5.97 Å². The number of aromatic nitrogens is 3. The van der Waals surface area contributed by atoms with Crippen LogP contribution in [-0.2, 0) is 4.74 Å². The molecule has 0 radical (unpaired) electrons. The molecule has 3 heterocycles. The topological polar surface area (TPSA) is 68.2 Å². The largest absolute Gasteiger partial charge is 0.464 e. The molecule has 0 bridgehead atoms. The maximum atomic E-state index is 11.7. The fourth-order valence-corrected chi connectivity index (χ4v) is 2.37. The third kappa shape index (κ3) is 2.81. The van der Waals surface area contributed by atoms with Crippen LogP contribution in [0.1, 0.15) is 21.7 Å². The third-order valence-corrected chi connectivity index (χ3v) is 3.47. The van der Waals surface area contributed by atoms with Crippen molar-refractivity contribution < 1.29 is 9.53 Å². The van der Waals surface area contributed by atoms with Gasteiger partial charge < -0.3 is 9.64 Å². The van der Waals surface area contributed by atoms with Gasteiger partial charge in [0.25, 0.3) is 0 Å². The monoisotopic (exact) mass is 296 g/mol. The molecule has 0 atom stereocenters. The minimum atomic E-state index is -0.452. The molecular weight excluding hydrogens is 280 g/mol. The Kier molecular flexibility index (Phi) is 3.82. The van der Waals surface area contributed by atoms with Gasteiger partial charge in [-0.1, -0.05) is 12.1 Å². The van der Waals surface area contributed by atoms with Gasteiger partial charge in [-0.3, -0.25) is 4.98 Å². The number of carbonyl (C=O) groups excluding carboxylic acids is 1. The second-order valence-electron chi connectivity index (χ2n) is 5.04. The molecule has 0 aliphatic carbocycles. The van der Waals surface area contributed by atoms with Crippen LogP contribution in [0.4, 0.5) is 5.95 Å². The number of rotatable bonds is 3. The number of hydrogen-bond donors (Lipinski definition) is 0. The summed E-state index contributed by atoms with van der Waals surface area (Å²) in [6.45, 7) is 3.23. The number of ether oxygens (including phenoxy) is 1. The number of carbonyl (C=O) groups is 1. The van der Waals surface area contributed by atoms with Crippen LogP contribution < -0.4 is 4.90 Å². The average molecular weight is 296 g/mol. The number of aryl methyl sites for hydroxylation is 1. The minimum Gasteiger partial charge on any atom is -0.464 e. The fourth-order valence-electron chi connectivity index (χ4n) is 2.37. The summed E-state index contributed by atoms with van der Waals surface area (Å²) in [7, 11) is 1.34. The maximum absolute atomic E-state index is 11.7. The third-order valence-electron chi connectivity index (χ3n) is 3.47. The number of esters is 1. The van der Waals surface area contributed by atoms with E-state index in [-0.39, 0.29) is 5.69 Å². The van der Waals surface area contributed by atoms with Crippen molar-refractivity contribution in [1.29, 1.82) is 0 Å². The molecule has 0 N–H and O–H groups in total. The SMILES string of the molecule is COC(=O)c1cc(C)nc(N2CC=C(c3cccnc3)C2)n1. The molecule has 22 heavy (non-hydrogen) atoms. The summed E-state index contributed by atoms with van der Waals surface area (Å²) in [6.07, 6.45) is 5.72. The second-order valence-corrected chi connectivity index (χ2v) is 5.04. The molecule has 0 saturated carbocycles. The highest BCUT2D eigenvalue weighted by Gasteiger charge is 2.20. The van der Waals surface area contributed by atoms with Gasteiger partial charge in [-0.15, -0.1) is 0 Å². The number of anilines is 1. The van der Waals surface area contributed by atoms with Crippen molar-refractivity contribution in [2.45, 2.75) is 6.92 Å². The molecule has 0 unspecified atom stereocenters. The lowest BCUT2D eigenvalue weighted by Crippen LogP contribution is -2.23. The van der Waals surface area contributed by atoms with Gasteiger partial charge in [0.2, 0.25) is 5.95 Å². The maximum Gasteiger partial charge on any atom is 0.356 e. The number of nitrogens with zero attached hydrogens (tertiary/aromatic N) is 4. The van der Waals surface area contributed by atoms with Gasteiger partial charge in [-0.05, 0) is 30.2 Å². The molecule has 112 valence electrons. The smallest absolute Gasteiger partial charge is 0.356 e. The predicted molar refractivity (Wildman–Crippen MR) is 82.5 cm³/mol. The molecule has 6 heteroatoms. The Labute approximate surface area is 128 Å². The molecule has 1 aliphatic rings. The van der Waals surface area contributed by atoms with E-state index in [4.69, 9.17) is 4.74 Å². The van der Waals surface area contributed by atoms with E-state index in [1.807, 2.05) is 30.2 Å². The van der Waals surface area contributed by atoms with Crippen LogP contribution in [0.3, 0.4) is 0 Å². The fraction of sp³-hybridized carbons (Fsp3) is 0.250. The molecule has 0 spiro atoms. The molecule has 0 aromatic carbocycles. The molecule has 2 aromatic heterocycles. The Morgan fingerprint density at radius 3 is 2.95 bits per heavy atom. The summed E-state index contributed by atoms with van der Waals surface area (Å²) in [5.41, 5.74) is 3.28. The van der Waals surface area contributed by atoms with Crippen molar-refractivity contribution in [3.8, 4) is 0 Å². The second kappa shape index (κ2) is 5.93. The molecule has 2 aromatic rings. The lowest BCUT2D eigenvalue weighted by Gasteiger charge is -2.17. The highest BCUT2D eigenvalue weighted by Crippen LogP contribution is 2.23. The number of pyridine rings is 1. The molecule has 1 aliphatic heterocycles. The zero-order valence-electron chi connectivity index (χ0n) is 12.5. The van der Waals surface area contributed by atoms with Crippen LogP contribution >= 0.6 is 0 Å². The first kappa shape index (κ1) is 14.2. The van der Waals surface area contributed by atoms with Crippen LogP contribution in [0.5, 0.6) is 0 Å². The van der Waals surface area contributed by atoms with Crippen molar-refractivity contribution in [1.82, 2.24) is 15.0 Å². The zero-order chi connectivity index (χ0) is 15.5. The van der Waals surface area contributed by atoms with Gasteiger partial charge in [0, 0.05) is 31.2 Å². The lowest BCUT2D eigenvalue weighted by molar-refractivity contribution is 0.0594. The van der Waals surface area contributed by atoms with Crippen LogP contribution in [0.25, 0.3) is 5.57 Å². The Morgan fingerprint density at radius 2 is 2.23 bits per heavy atom. The highest BCUT2D eigenvalue weighted by atomic mass is 16.5. The zero-order valence-corrected chi connectivity index (χ0v) is 12.5. The molecule has 6 nitrogen and oxygen atoms in total. The van der Waals surface area contributed by atoms with Crippen LogP contribution in [0, 0.1) is 6.92 Å². The van der Waals surface area contributed by atoms with Gasteiger partial charge in [0.15, 0.2) is 5.69 Å². The van der Waals surface area contributed by atoms with E-state index in [2.05, 4.69) is 21.0 Å². The minimum absolute atomic E-state index is 0.278. The van der Waals surface area contributed by atoms with Crippen molar-refractivity contribution in [3.05, 3.63) is 53.6 Å². The van der Waals surface area contributed by atoms with Gasteiger partial charge in [0.1, 0.15) is 0 Å². The highest BCUT2D eigenvalue weighted by molar-refractivity contribution is 5.87. The number of methoxy groups -OCH3 is 1. The Balaban J connectivity index is 1.82. The molecular formula is C16H16N4O2. The van der Waals surface area contributed by atoms with E-state index in [0.717, 1.165) is 11.3 Å². The first-order chi connectivity index (χ1) is 10.7. The lowest BCUT2D eigenvalue weighted by atomic mass is 10.1. The summed E-state index contributed by atoms with van der Waals surface area (Å²) in [4.78, 5) is 26.5. The van der Waals surface area contributed by atoms with E-state index in [9.17, 15) is 4.79 Å². The molecule has 3 rings (SSSR count). The van der Waals surface area contributed by atoms with Crippen LogP contribution in [-0.4, -0.2) is 41.1 Å². The van der Waals surface area contributed by atoms with E-state index >= 15 is 0 Å². The quantitative estimate of drug-likeness (QED) is 0.805. The van der Waals surface area contributed by atoms with Crippen molar-refractivity contribution in [2.75, 3.05) is 25.1 Å². The van der Waals surface area contributed by atoms with Crippen LogP contribution in [0.15, 0.2) is 36.7 Å². The van der Waals surface area contributed by atoms with Gasteiger partial charge in [-0.25, -0.2) is 14.8 Å². The predicted octanol–water partition coefficient (Wildman–Crippen LogP) is 1.87. The first-order valence-corrected chi connectivity index (χ1v) is 6.96. The van der Waals surface area contributed by atoms with E-state index in [1.165, 1.54) is 12.7 Å². The standard InChI is InChI=1S/C16H16N4O2/c1-11-8-14(15(21)22-2)19-16(18-11)20-7-5-13(10-20)12-4-3-6-17-9-12/h3-6,8-9H,7,10H2,1-2H3. The summed E-state index contributed by atoms with van der Waals surface area (Å²) in [5, 5.41) is 0. The Morgan fingerprint density at radius 1 is 1.36 bits per heavy atom. The van der Waals surface area contributed by atoms with E-state index in [1.54, 1.807) is 12.3 Å². The van der Waals surface area contributed by atoms with Crippen molar-refractivity contribution in [2.24, 2.45) is 0 Å².